The van der Waals surface area contributed by atoms with Gasteiger partial charge in [0.25, 0.3) is 5.91 Å². The Labute approximate surface area is 140 Å². The maximum absolute atomic E-state index is 12.1. The first-order chi connectivity index (χ1) is 11.6. The number of hydrogen-bond donors (Lipinski definition) is 2. The van der Waals surface area contributed by atoms with Crippen LogP contribution in [-0.2, 0) is 0 Å². The van der Waals surface area contributed by atoms with E-state index in [-0.39, 0.29) is 11.9 Å². The van der Waals surface area contributed by atoms with Crippen LogP contribution in [-0.4, -0.2) is 16.1 Å². The van der Waals surface area contributed by atoms with Crippen molar-refractivity contribution in [3.8, 4) is 11.5 Å². The fraction of sp³-hybridized carbons (Fsp3) is 0.158. The van der Waals surface area contributed by atoms with E-state index in [1.54, 1.807) is 6.07 Å². The number of amides is 1. The number of para-hydroxylation sites is 1. The molecule has 3 rings (SSSR count). The van der Waals surface area contributed by atoms with Gasteiger partial charge in [0.2, 0.25) is 0 Å². The maximum Gasteiger partial charge on any atom is 0.272 e. The molecule has 0 radical (unpaired) electrons. The van der Waals surface area contributed by atoms with Gasteiger partial charge in [-0.15, -0.1) is 0 Å². The molecular formula is C19H19N3O2. The molecular weight excluding hydrogens is 302 g/mol. The number of ether oxygens (including phenoxy) is 1. The van der Waals surface area contributed by atoms with E-state index < -0.39 is 0 Å². The Bertz CT molecular complexity index is 810. The Morgan fingerprint density at radius 2 is 1.75 bits per heavy atom. The number of aromatic amines is 1. The van der Waals surface area contributed by atoms with Gasteiger partial charge in [-0.1, -0.05) is 30.3 Å². The van der Waals surface area contributed by atoms with Crippen LogP contribution in [0.3, 0.4) is 0 Å². The van der Waals surface area contributed by atoms with Crippen LogP contribution in [0.15, 0.2) is 60.7 Å². The highest BCUT2D eigenvalue weighted by Crippen LogP contribution is 2.23. The normalized spacial score (nSPS) is 11.8. The number of benzene rings is 2. The largest absolute Gasteiger partial charge is 0.457 e. The molecule has 0 spiro atoms. The smallest absolute Gasteiger partial charge is 0.272 e. The average Bonchev–Trinajstić information content (AvgIpc) is 3.03. The van der Waals surface area contributed by atoms with E-state index in [2.05, 4.69) is 15.5 Å². The zero-order chi connectivity index (χ0) is 16.9. The maximum atomic E-state index is 12.1. The molecule has 122 valence electrons. The van der Waals surface area contributed by atoms with Crippen LogP contribution in [0.2, 0.25) is 0 Å². The molecule has 0 fully saturated rings. The lowest BCUT2D eigenvalue weighted by Gasteiger charge is -2.14. The lowest BCUT2D eigenvalue weighted by atomic mass is 10.1. The molecule has 5 heteroatoms. The molecule has 0 aliphatic heterocycles. The van der Waals surface area contributed by atoms with Gasteiger partial charge in [-0.3, -0.25) is 9.89 Å². The minimum Gasteiger partial charge on any atom is -0.457 e. The van der Waals surface area contributed by atoms with E-state index in [9.17, 15) is 4.79 Å². The van der Waals surface area contributed by atoms with Crippen molar-refractivity contribution in [3.63, 3.8) is 0 Å². The fourth-order valence-electron chi connectivity index (χ4n) is 2.34. The van der Waals surface area contributed by atoms with Gasteiger partial charge in [-0.2, -0.15) is 5.10 Å². The van der Waals surface area contributed by atoms with Crippen LogP contribution in [0.1, 0.15) is 34.7 Å². The summed E-state index contributed by atoms with van der Waals surface area (Å²) in [6.07, 6.45) is 0. The molecule has 5 nitrogen and oxygen atoms in total. The van der Waals surface area contributed by atoms with E-state index in [1.165, 1.54) is 0 Å². The molecule has 1 amide bonds. The first kappa shape index (κ1) is 15.8. The Morgan fingerprint density at radius 3 is 2.38 bits per heavy atom. The van der Waals surface area contributed by atoms with Crippen LogP contribution in [0.25, 0.3) is 0 Å². The number of carbonyl (C=O) groups is 1. The first-order valence-electron chi connectivity index (χ1n) is 7.77. The summed E-state index contributed by atoms with van der Waals surface area (Å²) >= 11 is 0. The van der Waals surface area contributed by atoms with Gasteiger partial charge in [0.05, 0.1) is 6.04 Å². The Morgan fingerprint density at radius 1 is 1.08 bits per heavy atom. The van der Waals surface area contributed by atoms with E-state index in [0.717, 1.165) is 22.8 Å². The molecule has 3 aromatic rings. The number of carbonyl (C=O) groups excluding carboxylic acids is 1. The summed E-state index contributed by atoms with van der Waals surface area (Å²) in [5.41, 5.74) is 2.25. The Balaban J connectivity index is 1.63. The van der Waals surface area contributed by atoms with Crippen LogP contribution in [0, 0.1) is 6.92 Å². The monoisotopic (exact) mass is 321 g/mol. The summed E-state index contributed by atoms with van der Waals surface area (Å²) in [6, 6.07) is 18.9. The molecule has 1 heterocycles. The molecule has 1 aromatic heterocycles. The molecule has 0 bridgehead atoms. The number of aryl methyl sites for hydroxylation is 1. The van der Waals surface area contributed by atoms with Crippen molar-refractivity contribution in [2.24, 2.45) is 0 Å². The predicted octanol–water partition coefficient (Wildman–Crippen LogP) is 4.00. The van der Waals surface area contributed by atoms with Crippen molar-refractivity contribution >= 4 is 5.91 Å². The number of hydrogen-bond acceptors (Lipinski definition) is 3. The predicted molar refractivity (Wildman–Crippen MR) is 92.2 cm³/mol. The third-order valence-corrected chi connectivity index (χ3v) is 3.65. The van der Waals surface area contributed by atoms with Crippen molar-refractivity contribution in [2.45, 2.75) is 19.9 Å². The molecule has 0 saturated carbocycles. The van der Waals surface area contributed by atoms with Gasteiger partial charge in [-0.25, -0.2) is 0 Å². The number of rotatable bonds is 5. The summed E-state index contributed by atoms with van der Waals surface area (Å²) in [5.74, 6) is 1.35. The molecule has 1 atom stereocenters. The highest BCUT2D eigenvalue weighted by atomic mass is 16.5. The van der Waals surface area contributed by atoms with Crippen molar-refractivity contribution in [1.82, 2.24) is 15.5 Å². The van der Waals surface area contributed by atoms with Gasteiger partial charge in [-0.05, 0) is 49.7 Å². The summed E-state index contributed by atoms with van der Waals surface area (Å²) in [7, 11) is 0. The zero-order valence-corrected chi connectivity index (χ0v) is 13.6. The molecule has 24 heavy (non-hydrogen) atoms. The molecule has 0 aliphatic carbocycles. The number of nitrogens with zero attached hydrogens (tertiary/aromatic N) is 1. The highest BCUT2D eigenvalue weighted by Gasteiger charge is 2.13. The Hall–Kier alpha value is -3.08. The van der Waals surface area contributed by atoms with Gasteiger partial charge in [0, 0.05) is 5.69 Å². The van der Waals surface area contributed by atoms with E-state index in [4.69, 9.17) is 4.74 Å². The van der Waals surface area contributed by atoms with Crippen molar-refractivity contribution < 1.29 is 9.53 Å². The SMILES string of the molecule is Cc1cc(C(=O)NC(C)c2ccc(Oc3ccccc3)cc2)n[nH]1. The molecule has 2 N–H and O–H groups in total. The first-order valence-corrected chi connectivity index (χ1v) is 7.77. The van der Waals surface area contributed by atoms with Crippen molar-refractivity contribution in [2.75, 3.05) is 0 Å². The molecule has 0 saturated heterocycles. The second-order valence-corrected chi connectivity index (χ2v) is 5.62. The van der Waals surface area contributed by atoms with E-state index >= 15 is 0 Å². The lowest BCUT2D eigenvalue weighted by Crippen LogP contribution is -2.26. The van der Waals surface area contributed by atoms with E-state index in [0.29, 0.717) is 5.69 Å². The zero-order valence-electron chi connectivity index (χ0n) is 13.6. The van der Waals surface area contributed by atoms with Crippen LogP contribution in [0.5, 0.6) is 11.5 Å². The number of nitrogens with one attached hydrogen (secondary N) is 2. The summed E-state index contributed by atoms with van der Waals surface area (Å²) < 4.78 is 5.76. The van der Waals surface area contributed by atoms with Gasteiger partial charge < -0.3 is 10.1 Å². The summed E-state index contributed by atoms with van der Waals surface area (Å²) in [5, 5.41) is 9.66. The molecule has 0 aliphatic rings. The van der Waals surface area contributed by atoms with Crippen LogP contribution >= 0.6 is 0 Å². The third kappa shape index (κ3) is 3.81. The van der Waals surface area contributed by atoms with Gasteiger partial charge in [0.1, 0.15) is 17.2 Å². The van der Waals surface area contributed by atoms with Crippen LogP contribution < -0.4 is 10.1 Å². The third-order valence-electron chi connectivity index (χ3n) is 3.65. The standard InChI is InChI=1S/C19H19N3O2/c1-13-12-18(22-21-13)19(23)20-14(2)15-8-10-17(11-9-15)24-16-6-4-3-5-7-16/h3-12,14H,1-2H3,(H,20,23)(H,21,22). The van der Waals surface area contributed by atoms with Gasteiger partial charge in [0.15, 0.2) is 0 Å². The second-order valence-electron chi connectivity index (χ2n) is 5.62. The lowest BCUT2D eigenvalue weighted by molar-refractivity contribution is 0.0935. The van der Waals surface area contributed by atoms with Crippen molar-refractivity contribution in [1.29, 1.82) is 0 Å². The highest BCUT2D eigenvalue weighted by molar-refractivity contribution is 5.92. The van der Waals surface area contributed by atoms with Crippen LogP contribution in [0.4, 0.5) is 0 Å². The molecule has 2 aromatic carbocycles. The topological polar surface area (TPSA) is 67.0 Å². The van der Waals surface area contributed by atoms with E-state index in [1.807, 2.05) is 68.4 Å². The second kappa shape index (κ2) is 7.00. The minimum absolute atomic E-state index is 0.125. The number of aromatic nitrogens is 2. The van der Waals surface area contributed by atoms with Gasteiger partial charge >= 0.3 is 0 Å². The number of H-pyrrole nitrogens is 1. The quantitative estimate of drug-likeness (QED) is 0.746. The minimum atomic E-state index is -0.198. The molecule has 1 unspecified atom stereocenters. The Kier molecular flexibility index (Phi) is 4.61. The average molecular weight is 321 g/mol. The summed E-state index contributed by atoms with van der Waals surface area (Å²) in [6.45, 7) is 3.79. The summed E-state index contributed by atoms with van der Waals surface area (Å²) in [4.78, 5) is 12.1. The van der Waals surface area contributed by atoms with Crippen molar-refractivity contribution in [3.05, 3.63) is 77.6 Å². The fourth-order valence-corrected chi connectivity index (χ4v) is 2.34.